The van der Waals surface area contributed by atoms with Crippen LogP contribution in [0, 0.1) is 5.92 Å². The lowest BCUT2D eigenvalue weighted by Gasteiger charge is -2.31. The van der Waals surface area contributed by atoms with Crippen molar-refractivity contribution in [1.82, 2.24) is 4.31 Å². The van der Waals surface area contributed by atoms with Crippen molar-refractivity contribution < 1.29 is 13.2 Å². The largest absolute Gasteiger partial charge is 0.324 e. The lowest BCUT2D eigenvalue weighted by atomic mass is 9.91. The van der Waals surface area contributed by atoms with Crippen molar-refractivity contribution in [2.45, 2.75) is 41.2 Å². The van der Waals surface area contributed by atoms with E-state index in [2.05, 4.69) is 17.4 Å². The van der Waals surface area contributed by atoms with E-state index in [0.29, 0.717) is 24.7 Å². The standard InChI is InChI=1S/C21H24N2O3S2/c1-15-21(24)22-19-14-18(7-8-20(19)27-15)28(25,26)23-11-9-17(10-12-23)13-16-5-3-2-4-6-16/h2-8,14-15,17H,9-13H2,1H3,(H,22,24)/t15-/m1/s1. The maximum absolute atomic E-state index is 13.1. The Bertz CT molecular complexity index is 968. The summed E-state index contributed by atoms with van der Waals surface area (Å²) in [5.41, 5.74) is 1.90. The molecule has 28 heavy (non-hydrogen) atoms. The molecule has 2 aromatic carbocycles. The molecule has 0 unspecified atom stereocenters. The number of fused-ring (bicyclic) bond motifs is 1. The third-order valence-corrected chi connectivity index (χ3v) is 8.53. The number of rotatable bonds is 4. The Kier molecular flexibility index (Phi) is 5.49. The number of amides is 1. The van der Waals surface area contributed by atoms with Gasteiger partial charge in [-0.15, -0.1) is 11.8 Å². The molecule has 0 radical (unpaired) electrons. The van der Waals surface area contributed by atoms with Crippen LogP contribution in [0.5, 0.6) is 0 Å². The zero-order valence-corrected chi connectivity index (χ0v) is 17.4. The zero-order chi connectivity index (χ0) is 19.7. The summed E-state index contributed by atoms with van der Waals surface area (Å²) < 4.78 is 27.8. The number of piperidine rings is 1. The van der Waals surface area contributed by atoms with Gasteiger partial charge in [0.25, 0.3) is 0 Å². The number of benzene rings is 2. The van der Waals surface area contributed by atoms with Gasteiger partial charge >= 0.3 is 0 Å². The Balaban J connectivity index is 1.45. The molecule has 1 fully saturated rings. The van der Waals surface area contributed by atoms with E-state index in [1.165, 1.54) is 17.3 Å². The SMILES string of the molecule is C[C@H]1Sc2ccc(S(=O)(=O)N3CCC(Cc4ccccc4)CC3)cc2NC1=O. The van der Waals surface area contributed by atoms with Crippen molar-refractivity contribution >= 4 is 33.4 Å². The quantitative estimate of drug-likeness (QED) is 0.824. The summed E-state index contributed by atoms with van der Waals surface area (Å²) in [4.78, 5) is 13.1. The normalized spacial score (nSPS) is 21.2. The molecule has 2 aromatic rings. The molecule has 5 nitrogen and oxygen atoms in total. The van der Waals surface area contributed by atoms with Gasteiger partial charge in [0.15, 0.2) is 0 Å². The molecule has 2 aliphatic rings. The highest BCUT2D eigenvalue weighted by molar-refractivity contribution is 8.01. The number of sulfonamides is 1. The van der Waals surface area contributed by atoms with Crippen LogP contribution in [-0.4, -0.2) is 37.0 Å². The molecule has 1 atom stereocenters. The molecule has 148 valence electrons. The van der Waals surface area contributed by atoms with Gasteiger partial charge in [0.1, 0.15) is 0 Å². The Hall–Kier alpha value is -1.83. The number of carbonyl (C=O) groups excluding carboxylic acids is 1. The van der Waals surface area contributed by atoms with Gasteiger partial charge in [0, 0.05) is 18.0 Å². The third kappa shape index (κ3) is 3.97. The topological polar surface area (TPSA) is 66.5 Å². The summed E-state index contributed by atoms with van der Waals surface area (Å²) in [6, 6.07) is 15.4. The molecule has 7 heteroatoms. The van der Waals surface area contributed by atoms with Crippen LogP contribution in [0.2, 0.25) is 0 Å². The first-order valence-electron chi connectivity index (χ1n) is 9.59. The van der Waals surface area contributed by atoms with Gasteiger partial charge in [0.05, 0.1) is 15.8 Å². The maximum atomic E-state index is 13.1. The predicted molar refractivity (Wildman–Crippen MR) is 112 cm³/mol. The lowest BCUT2D eigenvalue weighted by molar-refractivity contribution is -0.115. The van der Waals surface area contributed by atoms with Crippen LogP contribution >= 0.6 is 11.8 Å². The van der Waals surface area contributed by atoms with Crippen LogP contribution in [-0.2, 0) is 21.2 Å². The second-order valence-electron chi connectivity index (χ2n) is 7.44. The van der Waals surface area contributed by atoms with Crippen LogP contribution in [0.25, 0.3) is 0 Å². The molecule has 1 saturated heterocycles. The van der Waals surface area contributed by atoms with Crippen molar-refractivity contribution in [3.05, 3.63) is 54.1 Å². The Morgan fingerprint density at radius 3 is 2.54 bits per heavy atom. The molecule has 0 spiro atoms. The van der Waals surface area contributed by atoms with E-state index in [-0.39, 0.29) is 16.1 Å². The highest BCUT2D eigenvalue weighted by atomic mass is 32.2. The van der Waals surface area contributed by atoms with Crippen LogP contribution in [0.15, 0.2) is 58.3 Å². The summed E-state index contributed by atoms with van der Waals surface area (Å²) >= 11 is 1.46. The Morgan fingerprint density at radius 1 is 1.11 bits per heavy atom. The lowest BCUT2D eigenvalue weighted by Crippen LogP contribution is -2.39. The second kappa shape index (κ2) is 7.89. The molecule has 0 aliphatic carbocycles. The van der Waals surface area contributed by atoms with E-state index >= 15 is 0 Å². The first-order valence-corrected chi connectivity index (χ1v) is 11.9. The summed E-state index contributed by atoms with van der Waals surface area (Å²) in [6.45, 7) is 2.91. The number of nitrogens with zero attached hydrogens (tertiary/aromatic N) is 1. The van der Waals surface area contributed by atoms with E-state index in [0.717, 1.165) is 24.2 Å². The van der Waals surface area contributed by atoms with Crippen molar-refractivity contribution in [2.75, 3.05) is 18.4 Å². The fourth-order valence-electron chi connectivity index (χ4n) is 3.80. The maximum Gasteiger partial charge on any atom is 0.243 e. The minimum Gasteiger partial charge on any atom is -0.324 e. The number of thioether (sulfide) groups is 1. The van der Waals surface area contributed by atoms with Crippen LogP contribution in [0.4, 0.5) is 5.69 Å². The average molecular weight is 417 g/mol. The zero-order valence-electron chi connectivity index (χ0n) is 15.8. The number of hydrogen-bond donors (Lipinski definition) is 1. The number of nitrogens with one attached hydrogen (secondary N) is 1. The van der Waals surface area contributed by atoms with Gasteiger partial charge in [-0.3, -0.25) is 4.79 Å². The second-order valence-corrected chi connectivity index (χ2v) is 10.8. The van der Waals surface area contributed by atoms with Gasteiger partial charge in [0.2, 0.25) is 15.9 Å². The minimum atomic E-state index is -3.55. The van der Waals surface area contributed by atoms with Gasteiger partial charge in [-0.25, -0.2) is 8.42 Å². The molecule has 4 rings (SSSR count). The van der Waals surface area contributed by atoms with E-state index in [4.69, 9.17) is 0 Å². The summed E-state index contributed by atoms with van der Waals surface area (Å²) in [5.74, 6) is 0.420. The molecular weight excluding hydrogens is 392 g/mol. The monoisotopic (exact) mass is 416 g/mol. The Morgan fingerprint density at radius 2 is 1.82 bits per heavy atom. The molecular formula is C21H24N2O3S2. The van der Waals surface area contributed by atoms with E-state index in [1.54, 1.807) is 22.5 Å². The smallest absolute Gasteiger partial charge is 0.243 e. The molecule has 0 saturated carbocycles. The first-order chi connectivity index (χ1) is 13.4. The Labute approximate surface area is 170 Å². The van der Waals surface area contributed by atoms with E-state index in [1.807, 2.05) is 25.1 Å². The van der Waals surface area contributed by atoms with Crippen LogP contribution < -0.4 is 5.32 Å². The van der Waals surface area contributed by atoms with Crippen molar-refractivity contribution in [1.29, 1.82) is 0 Å². The van der Waals surface area contributed by atoms with Crippen LogP contribution in [0.3, 0.4) is 0 Å². The summed E-state index contributed by atoms with van der Waals surface area (Å²) in [6.07, 6.45) is 2.72. The van der Waals surface area contributed by atoms with Gasteiger partial charge in [-0.05, 0) is 55.9 Å². The van der Waals surface area contributed by atoms with Crippen molar-refractivity contribution in [3.8, 4) is 0 Å². The number of hydrogen-bond acceptors (Lipinski definition) is 4. The van der Waals surface area contributed by atoms with E-state index in [9.17, 15) is 13.2 Å². The van der Waals surface area contributed by atoms with Crippen molar-refractivity contribution in [3.63, 3.8) is 0 Å². The summed E-state index contributed by atoms with van der Waals surface area (Å²) in [5, 5.41) is 2.65. The molecule has 1 N–H and O–H groups in total. The molecule has 2 heterocycles. The highest BCUT2D eigenvalue weighted by Crippen LogP contribution is 2.37. The minimum absolute atomic E-state index is 0.0891. The van der Waals surface area contributed by atoms with E-state index < -0.39 is 10.0 Å². The number of anilines is 1. The first kappa shape index (κ1) is 19.5. The molecule has 0 bridgehead atoms. The molecule has 0 aromatic heterocycles. The molecule has 2 aliphatic heterocycles. The highest BCUT2D eigenvalue weighted by Gasteiger charge is 2.31. The van der Waals surface area contributed by atoms with Gasteiger partial charge < -0.3 is 5.32 Å². The fraction of sp³-hybridized carbons (Fsp3) is 0.381. The third-order valence-electron chi connectivity index (χ3n) is 5.46. The fourth-order valence-corrected chi connectivity index (χ4v) is 6.23. The summed E-state index contributed by atoms with van der Waals surface area (Å²) in [7, 11) is -3.55. The van der Waals surface area contributed by atoms with Gasteiger partial charge in [-0.1, -0.05) is 30.3 Å². The average Bonchev–Trinajstić information content (AvgIpc) is 2.70. The number of carbonyl (C=O) groups is 1. The van der Waals surface area contributed by atoms with Gasteiger partial charge in [-0.2, -0.15) is 4.31 Å². The molecule has 1 amide bonds. The predicted octanol–water partition coefficient (Wildman–Crippen LogP) is 3.76. The van der Waals surface area contributed by atoms with Crippen LogP contribution in [0.1, 0.15) is 25.3 Å². The van der Waals surface area contributed by atoms with Crippen molar-refractivity contribution in [2.24, 2.45) is 5.92 Å².